The minimum atomic E-state index is -0.502. The SMILES string of the molecule is CC(C)(C)OC(=O)N1CCC[C@@H](Cc2nc(-c3cnn4ccncc34)ncc2Cl)C1. The van der Waals surface area contributed by atoms with Crippen LogP contribution in [-0.2, 0) is 11.2 Å². The zero-order chi connectivity index (χ0) is 21.3. The van der Waals surface area contributed by atoms with Crippen molar-refractivity contribution in [3.63, 3.8) is 0 Å². The molecule has 1 amide bonds. The molecule has 0 unspecified atom stereocenters. The zero-order valence-electron chi connectivity index (χ0n) is 17.4. The van der Waals surface area contributed by atoms with Crippen LogP contribution in [-0.4, -0.2) is 54.2 Å². The molecule has 0 N–H and O–H groups in total. The lowest BCUT2D eigenvalue weighted by Crippen LogP contribution is -2.43. The molecular formula is C21H25ClN6O2. The van der Waals surface area contributed by atoms with E-state index in [0.717, 1.165) is 29.6 Å². The Kier molecular flexibility index (Phi) is 5.60. The van der Waals surface area contributed by atoms with E-state index in [1.165, 1.54) is 0 Å². The summed E-state index contributed by atoms with van der Waals surface area (Å²) in [5, 5.41) is 4.86. The molecular weight excluding hydrogens is 404 g/mol. The van der Waals surface area contributed by atoms with Crippen molar-refractivity contribution in [2.24, 2.45) is 5.92 Å². The molecule has 0 aromatic carbocycles. The molecule has 8 nitrogen and oxygen atoms in total. The maximum absolute atomic E-state index is 12.4. The second-order valence-electron chi connectivity index (χ2n) is 8.59. The second-order valence-corrected chi connectivity index (χ2v) is 9.00. The summed E-state index contributed by atoms with van der Waals surface area (Å²) in [6.45, 7) is 6.98. The predicted molar refractivity (Wildman–Crippen MR) is 113 cm³/mol. The van der Waals surface area contributed by atoms with E-state index in [-0.39, 0.29) is 12.0 Å². The summed E-state index contributed by atoms with van der Waals surface area (Å²) in [6, 6.07) is 0. The minimum Gasteiger partial charge on any atom is -0.444 e. The number of nitrogens with zero attached hydrogens (tertiary/aromatic N) is 6. The van der Waals surface area contributed by atoms with E-state index in [4.69, 9.17) is 21.3 Å². The lowest BCUT2D eigenvalue weighted by molar-refractivity contribution is 0.0165. The number of carbonyl (C=O) groups is 1. The lowest BCUT2D eigenvalue weighted by atomic mass is 9.93. The van der Waals surface area contributed by atoms with Gasteiger partial charge in [0.15, 0.2) is 5.82 Å². The predicted octanol–water partition coefficient (Wildman–Crippen LogP) is 4.03. The molecule has 0 saturated carbocycles. The van der Waals surface area contributed by atoms with Crippen LogP contribution in [0.15, 0.2) is 31.0 Å². The molecule has 0 aliphatic carbocycles. The number of halogens is 1. The summed E-state index contributed by atoms with van der Waals surface area (Å²) < 4.78 is 7.26. The van der Waals surface area contributed by atoms with Crippen molar-refractivity contribution in [3.05, 3.63) is 41.7 Å². The van der Waals surface area contributed by atoms with Gasteiger partial charge >= 0.3 is 6.09 Å². The molecule has 9 heteroatoms. The highest BCUT2D eigenvalue weighted by Gasteiger charge is 2.28. The first-order chi connectivity index (χ1) is 14.3. The van der Waals surface area contributed by atoms with E-state index in [1.54, 1.807) is 40.4 Å². The maximum Gasteiger partial charge on any atom is 0.410 e. The minimum absolute atomic E-state index is 0.261. The first kappa shape index (κ1) is 20.5. The Hall–Kier alpha value is -2.74. The Labute approximate surface area is 180 Å². The molecule has 1 saturated heterocycles. The number of carbonyl (C=O) groups excluding carboxylic acids is 1. The Balaban J connectivity index is 1.52. The maximum atomic E-state index is 12.4. The van der Waals surface area contributed by atoms with Crippen LogP contribution in [0.4, 0.5) is 4.79 Å². The van der Waals surface area contributed by atoms with Gasteiger partial charge in [0.25, 0.3) is 0 Å². The van der Waals surface area contributed by atoms with Crippen LogP contribution in [0, 0.1) is 5.92 Å². The molecule has 1 fully saturated rings. The Morgan fingerprint density at radius 1 is 1.30 bits per heavy atom. The van der Waals surface area contributed by atoms with Gasteiger partial charge in [-0.15, -0.1) is 0 Å². The first-order valence-electron chi connectivity index (χ1n) is 10.1. The van der Waals surface area contributed by atoms with Crippen LogP contribution < -0.4 is 0 Å². The fourth-order valence-corrected chi connectivity index (χ4v) is 3.85. The quantitative estimate of drug-likeness (QED) is 0.626. The topological polar surface area (TPSA) is 85.5 Å². The standard InChI is InChI=1S/C21H25ClN6O2/c1-21(2,3)30-20(29)27-7-4-5-14(13-27)9-17-16(22)11-24-19(26-17)15-10-25-28-8-6-23-12-18(15)28/h6,8,10-12,14H,4-5,7,9,13H2,1-3H3/t14-/m0/s1. The van der Waals surface area contributed by atoms with Crippen LogP contribution >= 0.6 is 11.6 Å². The number of hydrogen-bond donors (Lipinski definition) is 0. The van der Waals surface area contributed by atoms with Crippen molar-refractivity contribution in [1.82, 2.24) is 29.5 Å². The van der Waals surface area contributed by atoms with Gasteiger partial charge in [-0.25, -0.2) is 19.3 Å². The van der Waals surface area contributed by atoms with Crippen LogP contribution in [0.5, 0.6) is 0 Å². The smallest absolute Gasteiger partial charge is 0.410 e. The number of piperidine rings is 1. The molecule has 0 bridgehead atoms. The van der Waals surface area contributed by atoms with E-state index in [1.807, 2.05) is 20.8 Å². The molecule has 1 aliphatic rings. The highest BCUT2D eigenvalue weighted by atomic mass is 35.5. The van der Waals surface area contributed by atoms with Gasteiger partial charge in [-0.2, -0.15) is 5.10 Å². The summed E-state index contributed by atoms with van der Waals surface area (Å²) in [5.41, 5.74) is 1.92. The number of amides is 1. The Bertz CT molecular complexity index is 1060. The third kappa shape index (κ3) is 4.53. The summed E-state index contributed by atoms with van der Waals surface area (Å²) in [6.07, 6.45) is 10.9. The molecule has 1 aliphatic heterocycles. The highest BCUT2D eigenvalue weighted by molar-refractivity contribution is 6.31. The number of aromatic nitrogens is 5. The van der Waals surface area contributed by atoms with E-state index in [2.05, 4.69) is 15.1 Å². The summed E-state index contributed by atoms with van der Waals surface area (Å²) in [4.78, 5) is 27.5. The van der Waals surface area contributed by atoms with Crippen molar-refractivity contribution in [1.29, 1.82) is 0 Å². The average molecular weight is 429 g/mol. The summed E-state index contributed by atoms with van der Waals surface area (Å²) >= 11 is 6.42. The van der Waals surface area contributed by atoms with Crippen LogP contribution in [0.25, 0.3) is 16.9 Å². The summed E-state index contributed by atoms with van der Waals surface area (Å²) in [5.74, 6) is 0.828. The molecule has 4 heterocycles. The van der Waals surface area contributed by atoms with Crippen molar-refractivity contribution < 1.29 is 9.53 Å². The van der Waals surface area contributed by atoms with Gasteiger partial charge in [0.1, 0.15) is 5.60 Å². The van der Waals surface area contributed by atoms with E-state index < -0.39 is 5.60 Å². The van der Waals surface area contributed by atoms with E-state index in [9.17, 15) is 4.79 Å². The van der Waals surface area contributed by atoms with Crippen molar-refractivity contribution in [2.45, 2.75) is 45.6 Å². The van der Waals surface area contributed by atoms with E-state index in [0.29, 0.717) is 30.4 Å². The molecule has 3 aromatic rings. The molecule has 0 radical (unpaired) electrons. The monoisotopic (exact) mass is 428 g/mol. The van der Waals surface area contributed by atoms with Gasteiger partial charge in [0.05, 0.1) is 34.2 Å². The highest BCUT2D eigenvalue weighted by Crippen LogP contribution is 2.27. The fraction of sp³-hybridized carbons (Fsp3) is 0.476. The zero-order valence-corrected chi connectivity index (χ0v) is 18.1. The van der Waals surface area contributed by atoms with Crippen LogP contribution in [0.3, 0.4) is 0 Å². The largest absolute Gasteiger partial charge is 0.444 e. The third-order valence-electron chi connectivity index (χ3n) is 5.04. The number of hydrogen-bond acceptors (Lipinski definition) is 6. The lowest BCUT2D eigenvalue weighted by Gasteiger charge is -2.34. The third-order valence-corrected chi connectivity index (χ3v) is 5.35. The molecule has 3 aromatic heterocycles. The van der Waals surface area contributed by atoms with Crippen LogP contribution in [0.2, 0.25) is 5.02 Å². The molecule has 158 valence electrons. The van der Waals surface area contributed by atoms with Gasteiger partial charge in [-0.1, -0.05) is 11.6 Å². The molecule has 1 atom stereocenters. The van der Waals surface area contributed by atoms with E-state index >= 15 is 0 Å². The average Bonchev–Trinajstić information content (AvgIpc) is 3.13. The fourth-order valence-electron chi connectivity index (χ4n) is 3.68. The van der Waals surface area contributed by atoms with Crippen LogP contribution in [0.1, 0.15) is 39.3 Å². The van der Waals surface area contributed by atoms with Gasteiger partial charge in [0.2, 0.25) is 0 Å². The van der Waals surface area contributed by atoms with Gasteiger partial charge < -0.3 is 9.64 Å². The first-order valence-corrected chi connectivity index (χ1v) is 10.4. The molecule has 4 rings (SSSR count). The van der Waals surface area contributed by atoms with Crippen molar-refractivity contribution >= 4 is 23.2 Å². The van der Waals surface area contributed by atoms with Crippen molar-refractivity contribution in [3.8, 4) is 11.4 Å². The number of likely N-dealkylation sites (tertiary alicyclic amines) is 1. The second kappa shape index (κ2) is 8.18. The Morgan fingerprint density at radius 2 is 2.13 bits per heavy atom. The molecule has 0 spiro atoms. The van der Waals surface area contributed by atoms with Crippen molar-refractivity contribution in [2.75, 3.05) is 13.1 Å². The number of fused-ring (bicyclic) bond motifs is 1. The van der Waals surface area contributed by atoms with Gasteiger partial charge in [-0.3, -0.25) is 4.98 Å². The van der Waals surface area contributed by atoms with Gasteiger partial charge in [-0.05, 0) is 46.0 Å². The molecule has 30 heavy (non-hydrogen) atoms. The Morgan fingerprint density at radius 3 is 2.93 bits per heavy atom. The number of rotatable bonds is 3. The normalized spacial score (nSPS) is 17.3. The number of ether oxygens (including phenoxy) is 1. The van der Waals surface area contributed by atoms with Gasteiger partial charge in [0, 0.05) is 31.7 Å². The summed E-state index contributed by atoms with van der Waals surface area (Å²) in [7, 11) is 0.